The lowest BCUT2D eigenvalue weighted by Gasteiger charge is -2.12. The Kier molecular flexibility index (Phi) is 9.04. The lowest BCUT2D eigenvalue weighted by molar-refractivity contribution is 0.195. The summed E-state index contributed by atoms with van der Waals surface area (Å²) in [5, 5.41) is 6.50. The standard InChI is InChI=1S/C16H27N3O2/c1-14-6-8-15(9-7-14)21-13-5-11-19-16(17-2)18-10-4-12-20-3/h6-9H,4-5,10-13H2,1-3H3,(H2,17,18,19). The van der Waals surface area contributed by atoms with Crippen LogP contribution in [0.5, 0.6) is 5.75 Å². The van der Waals surface area contributed by atoms with Crippen LogP contribution in [-0.4, -0.2) is 46.4 Å². The highest BCUT2D eigenvalue weighted by molar-refractivity contribution is 5.79. The molecule has 1 aromatic carbocycles. The van der Waals surface area contributed by atoms with Gasteiger partial charge in [0.25, 0.3) is 0 Å². The minimum Gasteiger partial charge on any atom is -0.494 e. The van der Waals surface area contributed by atoms with Crippen LogP contribution in [0.15, 0.2) is 29.3 Å². The second-order valence-corrected chi connectivity index (χ2v) is 4.79. The van der Waals surface area contributed by atoms with Crippen LogP contribution in [-0.2, 0) is 4.74 Å². The van der Waals surface area contributed by atoms with Crippen molar-refractivity contribution in [2.45, 2.75) is 19.8 Å². The quantitative estimate of drug-likeness (QED) is 0.415. The van der Waals surface area contributed by atoms with E-state index in [0.29, 0.717) is 6.61 Å². The Balaban J connectivity index is 2.07. The highest BCUT2D eigenvalue weighted by Gasteiger charge is 1.97. The van der Waals surface area contributed by atoms with Crippen LogP contribution in [0.2, 0.25) is 0 Å². The zero-order valence-electron chi connectivity index (χ0n) is 13.3. The maximum Gasteiger partial charge on any atom is 0.190 e. The van der Waals surface area contributed by atoms with E-state index >= 15 is 0 Å². The summed E-state index contributed by atoms with van der Waals surface area (Å²) in [6.45, 7) is 5.20. The van der Waals surface area contributed by atoms with E-state index in [4.69, 9.17) is 9.47 Å². The Labute approximate surface area is 127 Å². The summed E-state index contributed by atoms with van der Waals surface area (Å²) in [6.07, 6.45) is 1.89. The zero-order chi connectivity index (χ0) is 15.3. The van der Waals surface area contributed by atoms with Gasteiger partial charge in [0.2, 0.25) is 0 Å². The molecule has 118 valence electrons. The number of hydrogen-bond donors (Lipinski definition) is 2. The first-order chi connectivity index (χ1) is 10.3. The van der Waals surface area contributed by atoms with Crippen molar-refractivity contribution in [3.8, 4) is 5.75 Å². The predicted octanol–water partition coefficient (Wildman–Crippen LogP) is 1.97. The highest BCUT2D eigenvalue weighted by Crippen LogP contribution is 2.11. The van der Waals surface area contributed by atoms with Crippen molar-refractivity contribution in [2.24, 2.45) is 4.99 Å². The maximum atomic E-state index is 5.67. The van der Waals surface area contributed by atoms with Crippen LogP contribution in [0.25, 0.3) is 0 Å². The molecule has 0 heterocycles. The molecule has 0 aliphatic rings. The molecule has 0 radical (unpaired) electrons. The van der Waals surface area contributed by atoms with E-state index in [2.05, 4.69) is 34.7 Å². The Morgan fingerprint density at radius 1 is 1.05 bits per heavy atom. The minimum atomic E-state index is 0.691. The second kappa shape index (κ2) is 11.0. The molecule has 0 fully saturated rings. The minimum absolute atomic E-state index is 0.691. The molecule has 21 heavy (non-hydrogen) atoms. The van der Waals surface area contributed by atoms with Crippen molar-refractivity contribution in [3.05, 3.63) is 29.8 Å². The van der Waals surface area contributed by atoms with Crippen molar-refractivity contribution in [1.82, 2.24) is 10.6 Å². The van der Waals surface area contributed by atoms with Gasteiger partial charge in [-0.3, -0.25) is 4.99 Å². The summed E-state index contributed by atoms with van der Waals surface area (Å²) in [5.74, 6) is 1.74. The zero-order valence-corrected chi connectivity index (χ0v) is 13.3. The summed E-state index contributed by atoms with van der Waals surface area (Å²) >= 11 is 0. The van der Waals surface area contributed by atoms with Crippen LogP contribution in [0.1, 0.15) is 18.4 Å². The second-order valence-electron chi connectivity index (χ2n) is 4.79. The number of guanidine groups is 1. The van der Waals surface area contributed by atoms with E-state index in [0.717, 1.165) is 44.2 Å². The fraction of sp³-hybridized carbons (Fsp3) is 0.562. The fourth-order valence-electron chi connectivity index (χ4n) is 1.75. The number of aryl methyl sites for hydroxylation is 1. The highest BCUT2D eigenvalue weighted by atomic mass is 16.5. The molecule has 0 aromatic heterocycles. The van der Waals surface area contributed by atoms with Gasteiger partial charge in [-0.05, 0) is 31.9 Å². The van der Waals surface area contributed by atoms with Gasteiger partial charge in [-0.15, -0.1) is 0 Å². The number of aliphatic imine (C=N–C) groups is 1. The maximum absolute atomic E-state index is 5.67. The van der Waals surface area contributed by atoms with Crippen molar-refractivity contribution in [2.75, 3.05) is 40.5 Å². The Bertz CT molecular complexity index is 404. The largest absolute Gasteiger partial charge is 0.494 e. The third-order valence-corrected chi connectivity index (χ3v) is 2.94. The predicted molar refractivity (Wildman–Crippen MR) is 87.1 cm³/mol. The Hall–Kier alpha value is -1.75. The van der Waals surface area contributed by atoms with Crippen LogP contribution in [0.4, 0.5) is 0 Å². The number of nitrogens with zero attached hydrogens (tertiary/aromatic N) is 1. The van der Waals surface area contributed by atoms with Gasteiger partial charge in [-0.1, -0.05) is 17.7 Å². The van der Waals surface area contributed by atoms with Gasteiger partial charge in [0.05, 0.1) is 6.61 Å². The van der Waals surface area contributed by atoms with E-state index in [1.54, 1.807) is 14.2 Å². The molecule has 2 N–H and O–H groups in total. The van der Waals surface area contributed by atoms with Crippen LogP contribution >= 0.6 is 0 Å². The fourth-order valence-corrected chi connectivity index (χ4v) is 1.75. The number of methoxy groups -OCH3 is 1. The van der Waals surface area contributed by atoms with Gasteiger partial charge in [0.1, 0.15) is 5.75 Å². The molecule has 1 rings (SSSR count). The molecule has 5 heteroatoms. The number of benzene rings is 1. The van der Waals surface area contributed by atoms with Gasteiger partial charge in [-0.2, -0.15) is 0 Å². The molecular weight excluding hydrogens is 266 g/mol. The molecule has 0 bridgehead atoms. The third-order valence-electron chi connectivity index (χ3n) is 2.94. The third kappa shape index (κ3) is 8.19. The topological polar surface area (TPSA) is 54.9 Å². The molecule has 0 unspecified atom stereocenters. The van der Waals surface area contributed by atoms with Gasteiger partial charge < -0.3 is 20.1 Å². The van der Waals surface area contributed by atoms with Crippen molar-refractivity contribution >= 4 is 5.96 Å². The summed E-state index contributed by atoms with van der Waals surface area (Å²) < 4.78 is 10.7. The molecular formula is C16H27N3O2. The SMILES string of the molecule is CN=C(NCCCOC)NCCCOc1ccc(C)cc1. The van der Waals surface area contributed by atoms with Crippen molar-refractivity contribution in [3.63, 3.8) is 0 Å². The Morgan fingerprint density at radius 2 is 1.67 bits per heavy atom. The number of rotatable bonds is 9. The summed E-state index contributed by atoms with van der Waals surface area (Å²) in [7, 11) is 3.48. The lowest BCUT2D eigenvalue weighted by atomic mass is 10.2. The summed E-state index contributed by atoms with van der Waals surface area (Å²) in [5.41, 5.74) is 1.24. The van der Waals surface area contributed by atoms with E-state index in [-0.39, 0.29) is 0 Å². The first-order valence-corrected chi connectivity index (χ1v) is 7.39. The number of ether oxygens (including phenoxy) is 2. The summed E-state index contributed by atoms with van der Waals surface area (Å²) in [6, 6.07) is 8.11. The van der Waals surface area contributed by atoms with Crippen LogP contribution in [0.3, 0.4) is 0 Å². The van der Waals surface area contributed by atoms with E-state index in [9.17, 15) is 0 Å². The lowest BCUT2D eigenvalue weighted by Crippen LogP contribution is -2.38. The smallest absolute Gasteiger partial charge is 0.190 e. The van der Waals surface area contributed by atoms with Gasteiger partial charge in [-0.25, -0.2) is 0 Å². The molecule has 0 amide bonds. The van der Waals surface area contributed by atoms with E-state index < -0.39 is 0 Å². The average molecular weight is 293 g/mol. The molecule has 0 aliphatic heterocycles. The molecule has 0 saturated heterocycles. The van der Waals surface area contributed by atoms with Gasteiger partial charge in [0, 0.05) is 33.9 Å². The normalized spacial score (nSPS) is 11.3. The summed E-state index contributed by atoms with van der Waals surface area (Å²) in [4.78, 5) is 4.16. The van der Waals surface area contributed by atoms with Crippen molar-refractivity contribution < 1.29 is 9.47 Å². The van der Waals surface area contributed by atoms with E-state index in [1.807, 2.05) is 12.1 Å². The first kappa shape index (κ1) is 17.3. The van der Waals surface area contributed by atoms with Crippen LogP contribution in [0, 0.1) is 6.92 Å². The van der Waals surface area contributed by atoms with Crippen LogP contribution < -0.4 is 15.4 Å². The molecule has 0 saturated carbocycles. The van der Waals surface area contributed by atoms with Crippen molar-refractivity contribution in [1.29, 1.82) is 0 Å². The van der Waals surface area contributed by atoms with Gasteiger partial charge in [0.15, 0.2) is 5.96 Å². The van der Waals surface area contributed by atoms with E-state index in [1.165, 1.54) is 5.56 Å². The molecule has 0 atom stereocenters. The molecule has 5 nitrogen and oxygen atoms in total. The number of hydrogen-bond acceptors (Lipinski definition) is 3. The van der Waals surface area contributed by atoms with Gasteiger partial charge >= 0.3 is 0 Å². The average Bonchev–Trinajstić information content (AvgIpc) is 2.51. The first-order valence-electron chi connectivity index (χ1n) is 7.39. The number of nitrogens with one attached hydrogen (secondary N) is 2. The monoisotopic (exact) mass is 293 g/mol. The molecule has 0 spiro atoms. The molecule has 0 aliphatic carbocycles. The Morgan fingerprint density at radius 3 is 2.24 bits per heavy atom. The molecule has 1 aromatic rings.